The van der Waals surface area contributed by atoms with Crippen LogP contribution in [0.5, 0.6) is 40.2 Å². The zero-order valence-electron chi connectivity index (χ0n) is 51.2. The van der Waals surface area contributed by atoms with Gasteiger partial charge in [-0.25, -0.2) is 52.7 Å². The Morgan fingerprint density at radius 1 is 0.473 bits per heavy atom. The summed E-state index contributed by atoms with van der Waals surface area (Å²) in [5.74, 6) is -19.9. The van der Waals surface area contributed by atoms with Gasteiger partial charge in [0.05, 0.1) is 62.3 Å². The van der Waals surface area contributed by atoms with E-state index in [1.54, 1.807) is 39.8 Å². The molecule has 0 amide bonds. The minimum atomic E-state index is -1.75. The fourth-order valence-corrected chi connectivity index (χ4v) is 10.4. The molecule has 93 heavy (non-hydrogen) atoms. The normalized spacial score (nSPS) is 16.0. The van der Waals surface area contributed by atoms with Crippen LogP contribution in [0.15, 0.2) is 87.8 Å². The number of rotatable bonds is 17. The van der Waals surface area contributed by atoms with Gasteiger partial charge in [0.15, 0.2) is 76.1 Å². The van der Waals surface area contributed by atoms with Crippen LogP contribution in [-0.4, -0.2) is 65.8 Å². The SMILES string of the molecule is C.C.C[C@H](C[C@H](C)Oc1cc(F)c(F)c(F)c1Br)Oc1cc(F)c(F)c(F)c1Br.Cc1ccc(O)c(-c2c(O[C@H](C)C[C@H](C)Oc3cc(F)c(F)c(F)c3-c3cc(C)ccc3O)cc(F)c(F)c2F)c1.Cc1ccc(OC2CCCCO2)c(B2OC(C)(C)C(C)(C)O2)c1. The van der Waals surface area contributed by atoms with Crippen LogP contribution in [0, 0.1) is 90.6 Å². The van der Waals surface area contributed by atoms with Gasteiger partial charge in [-0.05, 0) is 151 Å². The summed E-state index contributed by atoms with van der Waals surface area (Å²) in [5.41, 5.74) is 1.37. The summed E-state index contributed by atoms with van der Waals surface area (Å²) in [6, 6.07) is 17.2. The van der Waals surface area contributed by atoms with Gasteiger partial charge in [-0.2, -0.15) is 0 Å². The van der Waals surface area contributed by atoms with Crippen LogP contribution in [-0.2, 0) is 14.0 Å². The molecule has 7 aromatic rings. The predicted molar refractivity (Wildman–Crippen MR) is 339 cm³/mol. The second kappa shape index (κ2) is 32.1. The van der Waals surface area contributed by atoms with Crippen molar-refractivity contribution < 1.29 is 101 Å². The van der Waals surface area contributed by atoms with E-state index < -0.39 is 124 Å². The number of phenolic OH excluding ortho intramolecular Hbond substituents is 2. The number of phenols is 2. The summed E-state index contributed by atoms with van der Waals surface area (Å²) < 4.78 is 212. The van der Waals surface area contributed by atoms with Gasteiger partial charge in [-0.15, -0.1) is 0 Å². The highest BCUT2D eigenvalue weighted by atomic mass is 79.9. The minimum absolute atomic E-state index is 0. The van der Waals surface area contributed by atoms with Crippen molar-refractivity contribution in [3.8, 4) is 62.5 Å². The Bertz CT molecular complexity index is 3580. The van der Waals surface area contributed by atoms with E-state index in [0.29, 0.717) is 35.4 Å². The van der Waals surface area contributed by atoms with Crippen LogP contribution < -0.4 is 29.1 Å². The van der Waals surface area contributed by atoms with E-state index >= 15 is 0 Å². The topological polar surface area (TPSA) is 114 Å². The Morgan fingerprint density at radius 3 is 1.19 bits per heavy atom. The van der Waals surface area contributed by atoms with Gasteiger partial charge in [0.25, 0.3) is 0 Å². The number of ether oxygens (including phenoxy) is 6. The molecule has 506 valence electrons. The Kier molecular flexibility index (Phi) is 26.5. The molecule has 2 N–H and O–H groups in total. The number of aryl methyl sites for hydroxylation is 3. The average Bonchev–Trinajstić information content (AvgIpc) is 1.32. The number of benzene rings is 7. The molecule has 0 spiro atoms. The van der Waals surface area contributed by atoms with Gasteiger partial charge in [0.2, 0.25) is 0 Å². The molecule has 7 aromatic carbocycles. The summed E-state index contributed by atoms with van der Waals surface area (Å²) in [4.78, 5) is 0. The van der Waals surface area contributed by atoms with Gasteiger partial charge < -0.3 is 47.9 Å². The third kappa shape index (κ3) is 18.4. The van der Waals surface area contributed by atoms with Crippen LogP contribution in [0.4, 0.5) is 52.7 Å². The first kappa shape index (κ1) is 76.9. The van der Waals surface area contributed by atoms with Crippen molar-refractivity contribution in [3.63, 3.8) is 0 Å². The number of halogens is 14. The van der Waals surface area contributed by atoms with E-state index in [1.807, 2.05) is 12.1 Å². The lowest BCUT2D eigenvalue weighted by molar-refractivity contribution is -0.105. The summed E-state index contributed by atoms with van der Waals surface area (Å²) >= 11 is 5.57. The molecule has 0 saturated carbocycles. The van der Waals surface area contributed by atoms with Crippen molar-refractivity contribution in [3.05, 3.63) is 174 Å². The molecular formula is C68H73BBr2F12O10. The van der Waals surface area contributed by atoms with Gasteiger partial charge in [-0.3, -0.25) is 0 Å². The van der Waals surface area contributed by atoms with E-state index in [2.05, 4.69) is 72.5 Å². The molecule has 25 heteroatoms. The monoisotopic (exact) mass is 1450 g/mol. The molecule has 0 aromatic heterocycles. The van der Waals surface area contributed by atoms with Crippen LogP contribution in [0.1, 0.15) is 119 Å². The predicted octanol–water partition coefficient (Wildman–Crippen LogP) is 19.7. The molecule has 0 radical (unpaired) electrons. The highest BCUT2D eigenvalue weighted by molar-refractivity contribution is 9.11. The second-order valence-corrected chi connectivity index (χ2v) is 24.7. The highest BCUT2D eigenvalue weighted by Gasteiger charge is 2.52. The smallest absolute Gasteiger partial charge is 0.498 e. The van der Waals surface area contributed by atoms with Crippen LogP contribution >= 0.6 is 31.9 Å². The first-order valence-corrected chi connectivity index (χ1v) is 30.2. The number of aromatic hydroxyl groups is 2. The van der Waals surface area contributed by atoms with Crippen LogP contribution in [0.3, 0.4) is 0 Å². The summed E-state index contributed by atoms with van der Waals surface area (Å²) in [6.45, 7) is 20.5. The molecule has 2 fully saturated rings. The molecule has 9 rings (SSSR count). The van der Waals surface area contributed by atoms with E-state index in [4.69, 9.17) is 37.7 Å². The molecule has 2 saturated heterocycles. The largest absolute Gasteiger partial charge is 0.507 e. The number of hydrogen-bond acceptors (Lipinski definition) is 10. The average molecular weight is 1450 g/mol. The minimum Gasteiger partial charge on any atom is -0.507 e. The summed E-state index contributed by atoms with van der Waals surface area (Å²) in [7, 11) is -0.418. The van der Waals surface area contributed by atoms with Crippen molar-refractivity contribution >= 4 is 44.4 Å². The third-order valence-electron chi connectivity index (χ3n) is 14.9. The van der Waals surface area contributed by atoms with Crippen molar-refractivity contribution in [2.45, 2.75) is 165 Å². The van der Waals surface area contributed by atoms with Crippen molar-refractivity contribution in [2.75, 3.05) is 6.61 Å². The maximum Gasteiger partial charge on any atom is 0.498 e. The van der Waals surface area contributed by atoms with Crippen molar-refractivity contribution in [1.29, 1.82) is 0 Å². The van der Waals surface area contributed by atoms with Crippen molar-refractivity contribution in [1.82, 2.24) is 0 Å². The Hall–Kier alpha value is -6.80. The fourth-order valence-electron chi connectivity index (χ4n) is 9.68. The Morgan fingerprint density at radius 2 is 0.817 bits per heavy atom. The van der Waals surface area contributed by atoms with Gasteiger partial charge >= 0.3 is 7.12 Å². The summed E-state index contributed by atoms with van der Waals surface area (Å²) in [6.07, 6.45) is 0.0184. The second-order valence-electron chi connectivity index (χ2n) is 23.1. The Labute approximate surface area is 550 Å². The number of hydrogen-bond donors (Lipinski definition) is 2. The van der Waals surface area contributed by atoms with Crippen LogP contribution in [0.2, 0.25) is 0 Å². The molecule has 0 aliphatic carbocycles. The molecule has 0 bridgehead atoms. The first-order valence-electron chi connectivity index (χ1n) is 28.6. The quantitative estimate of drug-likeness (QED) is 0.0395. The maximum absolute atomic E-state index is 14.9. The lowest BCUT2D eigenvalue weighted by atomic mass is 9.77. The molecule has 1 unspecified atom stereocenters. The van der Waals surface area contributed by atoms with E-state index in [-0.39, 0.29) is 88.3 Å². The fraction of sp³-hybridized carbons (Fsp3) is 0.382. The van der Waals surface area contributed by atoms with Gasteiger partial charge in [-0.1, -0.05) is 55.8 Å². The standard InChI is InChI=1S/C31H26F6O4.C18H27BO4.C17H12Br2F6O2.2CH4/c1-14-5-7-22(38)18(9-14)26-24(12-20(32)28(34)30(26)36)40-16(3)11-17(4)41-25-13-21(33)29(35)31(37)27(25)19-10-15(2)6-8-23(19)39;1-13-9-10-15(21-16-8-6-7-11-20-16)14(12-13)19-22-17(2,3)18(4,5)23-19;1-6(26-10-4-8(20)14(22)16(24)12(10)18)3-7(2)27-11-5-9(21)15(23)17(25)13(11)19;;/h5-10,12-13,16-17,38-39H,11H2,1-4H3;9-10,12,16H,6-8,11H2,1-5H3;4-7H,3H2,1-2H3;2*1H4/t16-,17+;;6-,7+;;. The molecule has 2 heterocycles. The summed E-state index contributed by atoms with van der Waals surface area (Å²) in [5, 5.41) is 20.6. The third-order valence-corrected chi connectivity index (χ3v) is 16.4. The van der Waals surface area contributed by atoms with Gasteiger partial charge in [0.1, 0.15) is 40.2 Å². The molecule has 2 aliphatic heterocycles. The lowest BCUT2D eigenvalue weighted by Crippen LogP contribution is -2.41. The molecule has 10 nitrogen and oxygen atoms in total. The molecule has 5 atom stereocenters. The van der Waals surface area contributed by atoms with E-state index in [9.17, 15) is 62.9 Å². The Balaban J connectivity index is 0.000000263. The van der Waals surface area contributed by atoms with Gasteiger partial charge in [0, 0.05) is 60.1 Å². The lowest BCUT2D eigenvalue weighted by Gasteiger charge is -2.32. The van der Waals surface area contributed by atoms with Crippen molar-refractivity contribution in [2.24, 2.45) is 0 Å². The zero-order valence-corrected chi connectivity index (χ0v) is 54.3. The first-order chi connectivity index (χ1) is 42.6. The zero-order chi connectivity index (χ0) is 67.3. The molecule has 2 aliphatic rings. The molecular weight excluding hydrogens is 1380 g/mol. The van der Waals surface area contributed by atoms with E-state index in [1.165, 1.54) is 38.1 Å². The highest BCUT2D eigenvalue weighted by Crippen LogP contribution is 2.44. The van der Waals surface area contributed by atoms with Crippen LogP contribution in [0.25, 0.3) is 22.3 Å². The van der Waals surface area contributed by atoms with E-state index in [0.717, 1.165) is 42.6 Å². The maximum atomic E-state index is 14.9.